The van der Waals surface area contributed by atoms with Crippen molar-refractivity contribution >= 4 is 5.69 Å². The van der Waals surface area contributed by atoms with Gasteiger partial charge >= 0.3 is 6.18 Å². The van der Waals surface area contributed by atoms with E-state index < -0.39 is 23.3 Å². The summed E-state index contributed by atoms with van der Waals surface area (Å²) in [7, 11) is 0. The second-order valence-electron chi connectivity index (χ2n) is 3.81. The Morgan fingerprint density at radius 3 is 2.37 bits per heavy atom. The average Bonchev–Trinajstić information content (AvgIpc) is 2.30. The average molecular weight is 271 g/mol. The smallest absolute Gasteiger partial charge is 0.420 e. The Balaban J connectivity index is 2.40. The van der Waals surface area contributed by atoms with Gasteiger partial charge in [-0.25, -0.2) is 4.39 Å². The molecule has 0 atom stereocenters. The SMILES string of the molecule is Nc1ccc(Oc2cccc(F)c2)c(C(F)(F)F)c1. The minimum Gasteiger partial charge on any atom is -0.457 e. The molecule has 0 radical (unpaired) electrons. The van der Waals surface area contributed by atoms with Gasteiger partial charge in [-0.2, -0.15) is 13.2 Å². The maximum absolute atomic E-state index is 12.9. The zero-order valence-corrected chi connectivity index (χ0v) is 9.54. The van der Waals surface area contributed by atoms with Crippen LogP contribution in [0.3, 0.4) is 0 Å². The Hall–Kier alpha value is -2.24. The van der Waals surface area contributed by atoms with Gasteiger partial charge in [-0.1, -0.05) is 6.07 Å². The topological polar surface area (TPSA) is 35.2 Å². The fourth-order valence-electron chi connectivity index (χ4n) is 1.52. The van der Waals surface area contributed by atoms with Crippen LogP contribution in [0, 0.1) is 5.82 Å². The van der Waals surface area contributed by atoms with Crippen LogP contribution in [0.25, 0.3) is 0 Å². The molecule has 2 rings (SSSR count). The van der Waals surface area contributed by atoms with E-state index in [1.165, 1.54) is 24.3 Å². The van der Waals surface area contributed by atoms with Crippen molar-refractivity contribution in [3.8, 4) is 11.5 Å². The lowest BCUT2D eigenvalue weighted by atomic mass is 10.1. The first-order chi connectivity index (χ1) is 8.86. The molecule has 0 aromatic heterocycles. The fourth-order valence-corrected chi connectivity index (χ4v) is 1.52. The fraction of sp³-hybridized carbons (Fsp3) is 0.0769. The maximum atomic E-state index is 12.9. The molecule has 0 amide bonds. The van der Waals surface area contributed by atoms with Crippen LogP contribution < -0.4 is 10.5 Å². The Bertz CT molecular complexity index is 595. The Morgan fingerprint density at radius 1 is 1.00 bits per heavy atom. The summed E-state index contributed by atoms with van der Waals surface area (Å²) in [6.07, 6.45) is -4.60. The number of hydrogen-bond acceptors (Lipinski definition) is 2. The molecule has 2 aromatic rings. The molecule has 0 unspecified atom stereocenters. The largest absolute Gasteiger partial charge is 0.457 e. The second-order valence-corrected chi connectivity index (χ2v) is 3.81. The quantitative estimate of drug-likeness (QED) is 0.655. The number of rotatable bonds is 2. The zero-order valence-electron chi connectivity index (χ0n) is 9.54. The molecule has 19 heavy (non-hydrogen) atoms. The third-order valence-corrected chi connectivity index (χ3v) is 2.33. The Labute approximate surface area is 106 Å². The van der Waals surface area contributed by atoms with Crippen LogP contribution in [0.2, 0.25) is 0 Å². The summed E-state index contributed by atoms with van der Waals surface area (Å²) in [6, 6.07) is 8.02. The zero-order chi connectivity index (χ0) is 14.0. The molecular formula is C13H9F4NO. The Kier molecular flexibility index (Phi) is 3.33. The molecule has 0 bridgehead atoms. The molecule has 0 aliphatic heterocycles. The highest BCUT2D eigenvalue weighted by Gasteiger charge is 2.34. The van der Waals surface area contributed by atoms with E-state index in [9.17, 15) is 17.6 Å². The third-order valence-electron chi connectivity index (χ3n) is 2.33. The first-order valence-electron chi connectivity index (χ1n) is 5.26. The standard InChI is InChI=1S/C13H9F4NO/c14-8-2-1-3-10(6-8)19-12-5-4-9(18)7-11(12)13(15,16)17/h1-7H,18H2. The summed E-state index contributed by atoms with van der Waals surface area (Å²) in [5.74, 6) is -1.04. The molecule has 0 heterocycles. The molecule has 0 saturated heterocycles. The molecular weight excluding hydrogens is 262 g/mol. The molecule has 2 N–H and O–H groups in total. The van der Waals surface area contributed by atoms with E-state index in [0.29, 0.717) is 0 Å². The lowest BCUT2D eigenvalue weighted by Crippen LogP contribution is -2.08. The molecule has 6 heteroatoms. The minimum absolute atomic E-state index is 0.0183. The number of nitrogen functional groups attached to an aromatic ring is 1. The van der Waals surface area contributed by atoms with Crippen LogP contribution in [0.4, 0.5) is 23.2 Å². The monoisotopic (exact) mass is 271 g/mol. The van der Waals surface area contributed by atoms with E-state index in [4.69, 9.17) is 10.5 Å². The number of ether oxygens (including phenoxy) is 1. The van der Waals surface area contributed by atoms with E-state index in [-0.39, 0.29) is 11.4 Å². The van der Waals surface area contributed by atoms with E-state index in [2.05, 4.69) is 0 Å². The van der Waals surface area contributed by atoms with E-state index in [0.717, 1.165) is 18.2 Å². The minimum atomic E-state index is -4.60. The van der Waals surface area contributed by atoms with Gasteiger partial charge in [0.15, 0.2) is 0 Å². The van der Waals surface area contributed by atoms with E-state index >= 15 is 0 Å². The highest BCUT2D eigenvalue weighted by Crippen LogP contribution is 2.39. The van der Waals surface area contributed by atoms with Crippen LogP contribution in [0.5, 0.6) is 11.5 Å². The van der Waals surface area contributed by atoms with Gasteiger partial charge in [0.2, 0.25) is 0 Å². The number of benzene rings is 2. The molecule has 0 aliphatic carbocycles. The van der Waals surface area contributed by atoms with Gasteiger partial charge in [0.25, 0.3) is 0 Å². The van der Waals surface area contributed by atoms with Crippen molar-refractivity contribution in [1.29, 1.82) is 0 Å². The highest BCUT2D eigenvalue weighted by molar-refractivity contribution is 5.50. The first kappa shape index (κ1) is 13.2. The summed E-state index contributed by atoms with van der Waals surface area (Å²) in [5, 5.41) is 0. The molecule has 0 aliphatic rings. The van der Waals surface area contributed by atoms with Crippen LogP contribution in [-0.4, -0.2) is 0 Å². The number of halogens is 4. The van der Waals surface area contributed by atoms with Crippen molar-refractivity contribution in [2.24, 2.45) is 0 Å². The number of alkyl halides is 3. The van der Waals surface area contributed by atoms with Gasteiger partial charge in [-0.15, -0.1) is 0 Å². The number of nitrogens with two attached hydrogens (primary N) is 1. The second kappa shape index (κ2) is 4.79. The van der Waals surface area contributed by atoms with Gasteiger partial charge in [0.1, 0.15) is 22.9 Å². The number of anilines is 1. The predicted molar refractivity (Wildman–Crippen MR) is 62.3 cm³/mol. The summed E-state index contributed by atoms with van der Waals surface area (Å²) < 4.78 is 56.4. The molecule has 2 nitrogen and oxygen atoms in total. The van der Waals surface area contributed by atoms with Gasteiger partial charge in [-0.05, 0) is 30.3 Å². The van der Waals surface area contributed by atoms with Crippen molar-refractivity contribution in [1.82, 2.24) is 0 Å². The molecule has 100 valence electrons. The van der Waals surface area contributed by atoms with Crippen LogP contribution in [0.15, 0.2) is 42.5 Å². The van der Waals surface area contributed by atoms with Gasteiger partial charge in [-0.3, -0.25) is 0 Å². The molecule has 0 fully saturated rings. The van der Waals surface area contributed by atoms with E-state index in [1.807, 2.05) is 0 Å². The summed E-state index contributed by atoms with van der Waals surface area (Å²) >= 11 is 0. The van der Waals surface area contributed by atoms with E-state index in [1.54, 1.807) is 0 Å². The lowest BCUT2D eigenvalue weighted by molar-refractivity contribution is -0.138. The third kappa shape index (κ3) is 3.15. The van der Waals surface area contributed by atoms with Crippen molar-refractivity contribution in [3.63, 3.8) is 0 Å². The van der Waals surface area contributed by atoms with Gasteiger partial charge in [0.05, 0.1) is 0 Å². The first-order valence-corrected chi connectivity index (χ1v) is 5.26. The summed E-state index contributed by atoms with van der Waals surface area (Å²) in [4.78, 5) is 0. The summed E-state index contributed by atoms with van der Waals surface area (Å²) in [6.45, 7) is 0. The van der Waals surface area contributed by atoms with Gasteiger partial charge < -0.3 is 10.5 Å². The van der Waals surface area contributed by atoms with Gasteiger partial charge in [0, 0.05) is 11.8 Å². The normalized spacial score (nSPS) is 11.4. The van der Waals surface area contributed by atoms with Crippen molar-refractivity contribution in [2.45, 2.75) is 6.18 Å². The van der Waals surface area contributed by atoms with Crippen LogP contribution in [-0.2, 0) is 6.18 Å². The van der Waals surface area contributed by atoms with Crippen LogP contribution >= 0.6 is 0 Å². The molecule has 2 aromatic carbocycles. The van der Waals surface area contributed by atoms with Crippen molar-refractivity contribution in [3.05, 3.63) is 53.8 Å². The molecule has 0 saturated carbocycles. The number of hydrogen-bond donors (Lipinski definition) is 1. The predicted octanol–water partition coefficient (Wildman–Crippen LogP) is 4.22. The highest BCUT2D eigenvalue weighted by atomic mass is 19.4. The maximum Gasteiger partial charge on any atom is 0.420 e. The van der Waals surface area contributed by atoms with Crippen molar-refractivity contribution < 1.29 is 22.3 Å². The van der Waals surface area contributed by atoms with Crippen molar-refractivity contribution in [2.75, 3.05) is 5.73 Å². The van der Waals surface area contributed by atoms with Crippen LogP contribution in [0.1, 0.15) is 5.56 Å². The summed E-state index contributed by atoms with van der Waals surface area (Å²) in [5.41, 5.74) is 4.29. The molecule has 0 spiro atoms. The lowest BCUT2D eigenvalue weighted by Gasteiger charge is -2.14. The Morgan fingerprint density at radius 2 is 1.74 bits per heavy atom.